The molecule has 1 aliphatic heterocycles. The average molecular weight is 475 g/mol. The summed E-state index contributed by atoms with van der Waals surface area (Å²) in [5.41, 5.74) is 2.62. The predicted molar refractivity (Wildman–Crippen MR) is 131 cm³/mol. The third-order valence-electron chi connectivity index (χ3n) is 6.23. The van der Waals surface area contributed by atoms with Gasteiger partial charge in [-0.2, -0.15) is 0 Å². The Bertz CT molecular complexity index is 1420. The summed E-state index contributed by atoms with van der Waals surface area (Å²) in [6, 6.07) is 18.0. The van der Waals surface area contributed by atoms with Gasteiger partial charge in [0, 0.05) is 41.9 Å². The second kappa shape index (κ2) is 8.68. The second-order valence-corrected chi connectivity index (χ2v) is 10.4. The van der Waals surface area contributed by atoms with Gasteiger partial charge < -0.3 is 9.32 Å². The molecule has 33 heavy (non-hydrogen) atoms. The van der Waals surface area contributed by atoms with Crippen LogP contribution in [0.25, 0.3) is 16.6 Å². The van der Waals surface area contributed by atoms with E-state index in [1.54, 1.807) is 23.1 Å². The number of carbonyl (C=O) groups is 1. The SMILES string of the molecule is O=C(c1oc2ccccc2c1CSc1cccs1)N1CCC(c2nnc3ccccn23)CC1. The molecule has 0 saturated carbocycles. The van der Waals surface area contributed by atoms with Crippen molar-refractivity contribution in [3.05, 3.63) is 83.3 Å². The minimum Gasteiger partial charge on any atom is -0.451 e. The minimum absolute atomic E-state index is 0.0162. The Morgan fingerprint density at radius 2 is 1.91 bits per heavy atom. The number of aromatic nitrogens is 3. The number of thioether (sulfide) groups is 1. The highest BCUT2D eigenvalue weighted by atomic mass is 32.2. The van der Waals surface area contributed by atoms with Crippen LogP contribution in [0.5, 0.6) is 0 Å². The molecule has 0 spiro atoms. The van der Waals surface area contributed by atoms with E-state index < -0.39 is 0 Å². The van der Waals surface area contributed by atoms with Gasteiger partial charge in [0.15, 0.2) is 11.4 Å². The lowest BCUT2D eigenvalue weighted by Gasteiger charge is -2.30. The highest BCUT2D eigenvalue weighted by molar-refractivity contribution is 8.00. The molecule has 0 unspecified atom stereocenters. The number of benzene rings is 1. The first-order valence-corrected chi connectivity index (χ1v) is 12.9. The molecule has 1 aliphatic rings. The maximum Gasteiger partial charge on any atom is 0.289 e. The number of piperidine rings is 1. The van der Waals surface area contributed by atoms with Gasteiger partial charge in [-0.15, -0.1) is 33.3 Å². The Morgan fingerprint density at radius 3 is 2.76 bits per heavy atom. The zero-order valence-corrected chi connectivity index (χ0v) is 19.5. The smallest absolute Gasteiger partial charge is 0.289 e. The summed E-state index contributed by atoms with van der Waals surface area (Å²) in [7, 11) is 0. The van der Waals surface area contributed by atoms with E-state index >= 15 is 0 Å². The minimum atomic E-state index is -0.0162. The molecule has 1 fully saturated rings. The first-order valence-electron chi connectivity index (χ1n) is 11.0. The van der Waals surface area contributed by atoms with Gasteiger partial charge in [0.05, 0.1) is 4.21 Å². The van der Waals surface area contributed by atoms with Crippen molar-refractivity contribution in [3.8, 4) is 0 Å². The summed E-state index contributed by atoms with van der Waals surface area (Å²) in [4.78, 5) is 15.5. The fourth-order valence-electron chi connectivity index (χ4n) is 4.53. The fourth-order valence-corrected chi connectivity index (χ4v) is 6.34. The molecule has 4 aromatic heterocycles. The molecular weight excluding hydrogens is 452 g/mol. The van der Waals surface area contributed by atoms with Crippen molar-refractivity contribution >= 4 is 45.6 Å². The van der Waals surface area contributed by atoms with Crippen LogP contribution in [-0.4, -0.2) is 38.5 Å². The average Bonchev–Trinajstić information content (AvgIpc) is 3.61. The number of para-hydroxylation sites is 1. The molecule has 0 bridgehead atoms. The normalized spacial score (nSPS) is 15.0. The zero-order chi connectivity index (χ0) is 22.2. The van der Waals surface area contributed by atoms with Gasteiger partial charge in [-0.25, -0.2) is 0 Å². The third kappa shape index (κ3) is 3.83. The number of rotatable bonds is 5. The van der Waals surface area contributed by atoms with Crippen molar-refractivity contribution < 1.29 is 9.21 Å². The van der Waals surface area contributed by atoms with Gasteiger partial charge in [0.25, 0.3) is 5.91 Å². The number of thiophene rings is 1. The van der Waals surface area contributed by atoms with E-state index in [0.29, 0.717) is 24.6 Å². The number of furan rings is 1. The first-order chi connectivity index (χ1) is 16.3. The van der Waals surface area contributed by atoms with Crippen LogP contribution in [0.4, 0.5) is 0 Å². The largest absolute Gasteiger partial charge is 0.451 e. The Kier molecular flexibility index (Phi) is 5.39. The number of amides is 1. The first kappa shape index (κ1) is 20.5. The van der Waals surface area contributed by atoms with Gasteiger partial charge in [-0.05, 0) is 42.5 Å². The van der Waals surface area contributed by atoms with E-state index in [0.717, 1.165) is 40.8 Å². The maximum absolute atomic E-state index is 13.5. The molecule has 8 heteroatoms. The molecular formula is C25H22N4O2S2. The van der Waals surface area contributed by atoms with Gasteiger partial charge in [0.1, 0.15) is 11.4 Å². The van der Waals surface area contributed by atoms with E-state index in [2.05, 4.69) is 32.1 Å². The molecule has 166 valence electrons. The molecule has 0 radical (unpaired) electrons. The van der Waals surface area contributed by atoms with Crippen molar-refractivity contribution in [1.29, 1.82) is 0 Å². The van der Waals surface area contributed by atoms with E-state index in [9.17, 15) is 4.79 Å². The van der Waals surface area contributed by atoms with E-state index in [-0.39, 0.29) is 11.8 Å². The Labute approximate surface area is 199 Å². The van der Waals surface area contributed by atoms with Crippen LogP contribution < -0.4 is 0 Å². The van der Waals surface area contributed by atoms with Gasteiger partial charge in [-0.3, -0.25) is 9.20 Å². The van der Waals surface area contributed by atoms with E-state index in [1.165, 1.54) is 4.21 Å². The number of carbonyl (C=O) groups excluding carboxylic acids is 1. The van der Waals surface area contributed by atoms with Gasteiger partial charge in [0.2, 0.25) is 0 Å². The number of likely N-dealkylation sites (tertiary alicyclic amines) is 1. The Balaban J connectivity index is 1.22. The molecule has 1 amide bonds. The Hall–Kier alpha value is -3.10. The molecule has 6 nitrogen and oxygen atoms in total. The third-order valence-corrected chi connectivity index (χ3v) is 8.39. The summed E-state index contributed by atoms with van der Waals surface area (Å²) in [5.74, 6) is 2.44. The summed E-state index contributed by atoms with van der Waals surface area (Å²) in [6.45, 7) is 1.36. The highest BCUT2D eigenvalue weighted by Crippen LogP contribution is 2.35. The van der Waals surface area contributed by atoms with Crippen LogP contribution in [-0.2, 0) is 5.75 Å². The predicted octanol–water partition coefficient (Wildman–Crippen LogP) is 5.85. The molecule has 0 aliphatic carbocycles. The van der Waals surface area contributed by atoms with Crippen molar-refractivity contribution in [1.82, 2.24) is 19.5 Å². The molecule has 5 heterocycles. The number of nitrogens with zero attached hydrogens (tertiary/aromatic N) is 4. The quantitative estimate of drug-likeness (QED) is 0.299. The number of hydrogen-bond donors (Lipinski definition) is 0. The number of fused-ring (bicyclic) bond motifs is 2. The van der Waals surface area contributed by atoms with Crippen molar-refractivity contribution in [2.45, 2.75) is 28.7 Å². The lowest BCUT2D eigenvalue weighted by atomic mass is 9.95. The van der Waals surface area contributed by atoms with Crippen LogP contribution in [0.1, 0.15) is 40.7 Å². The topological polar surface area (TPSA) is 63.6 Å². The fraction of sp³-hybridized carbons (Fsp3) is 0.240. The Morgan fingerprint density at radius 1 is 1.06 bits per heavy atom. The summed E-state index contributed by atoms with van der Waals surface area (Å²) >= 11 is 3.46. The van der Waals surface area contributed by atoms with Crippen molar-refractivity contribution in [2.75, 3.05) is 13.1 Å². The van der Waals surface area contributed by atoms with Crippen molar-refractivity contribution in [2.24, 2.45) is 0 Å². The van der Waals surface area contributed by atoms with Crippen LogP contribution in [0.3, 0.4) is 0 Å². The summed E-state index contributed by atoms with van der Waals surface area (Å²) in [6.07, 6.45) is 3.73. The molecule has 6 rings (SSSR count). The van der Waals surface area contributed by atoms with Crippen LogP contribution >= 0.6 is 23.1 Å². The summed E-state index contributed by atoms with van der Waals surface area (Å²) < 4.78 is 9.41. The number of pyridine rings is 1. The number of hydrogen-bond acceptors (Lipinski definition) is 6. The van der Waals surface area contributed by atoms with Crippen LogP contribution in [0.2, 0.25) is 0 Å². The lowest BCUT2D eigenvalue weighted by Crippen LogP contribution is -2.38. The highest BCUT2D eigenvalue weighted by Gasteiger charge is 2.30. The van der Waals surface area contributed by atoms with E-state index in [1.807, 2.05) is 53.6 Å². The lowest BCUT2D eigenvalue weighted by molar-refractivity contribution is 0.0680. The van der Waals surface area contributed by atoms with Crippen LogP contribution in [0, 0.1) is 0 Å². The van der Waals surface area contributed by atoms with Gasteiger partial charge >= 0.3 is 0 Å². The van der Waals surface area contributed by atoms with Crippen LogP contribution in [0.15, 0.2) is 74.8 Å². The molecule has 1 saturated heterocycles. The molecule has 1 aromatic carbocycles. The van der Waals surface area contributed by atoms with Crippen molar-refractivity contribution in [3.63, 3.8) is 0 Å². The molecule has 0 atom stereocenters. The van der Waals surface area contributed by atoms with E-state index in [4.69, 9.17) is 4.42 Å². The standard InChI is InChI=1S/C25H22N4O2S2/c30-25(28-13-10-17(11-14-28)24-27-26-21-8-3-4-12-29(21)24)23-19(16-33-22-9-5-15-32-22)18-6-1-2-7-20(18)31-23/h1-9,12,15,17H,10-11,13-14,16H2. The molecule has 5 aromatic rings. The maximum atomic E-state index is 13.5. The molecule has 0 N–H and O–H groups in total. The zero-order valence-electron chi connectivity index (χ0n) is 17.9. The second-order valence-electron chi connectivity index (χ2n) is 8.18. The van der Waals surface area contributed by atoms with Gasteiger partial charge in [-0.1, -0.05) is 30.3 Å². The summed E-state index contributed by atoms with van der Waals surface area (Å²) in [5, 5.41) is 11.8. The monoisotopic (exact) mass is 474 g/mol.